The molecule has 0 saturated carbocycles. The zero-order valence-corrected chi connectivity index (χ0v) is 21.4. The molecule has 0 bridgehead atoms. The van der Waals surface area contributed by atoms with Crippen LogP contribution in [0.1, 0.15) is 39.6 Å². The predicted molar refractivity (Wildman–Crippen MR) is 145 cm³/mol. The van der Waals surface area contributed by atoms with E-state index in [9.17, 15) is 19.2 Å². The summed E-state index contributed by atoms with van der Waals surface area (Å²) in [5.74, 6) is -1.78. The highest BCUT2D eigenvalue weighted by Gasteiger charge is 2.44. The summed E-state index contributed by atoms with van der Waals surface area (Å²) in [4.78, 5) is 52.5. The highest BCUT2D eigenvalue weighted by molar-refractivity contribution is 7.80. The third-order valence-electron chi connectivity index (χ3n) is 5.80. The van der Waals surface area contributed by atoms with Crippen molar-refractivity contribution in [1.82, 2.24) is 15.3 Å². The minimum atomic E-state index is -1.04. The zero-order chi connectivity index (χ0) is 27.1. The normalized spacial score (nSPS) is 14.8. The van der Waals surface area contributed by atoms with Gasteiger partial charge in [-0.15, -0.1) is 0 Å². The van der Waals surface area contributed by atoms with Crippen LogP contribution < -0.4 is 10.7 Å². The molecule has 1 saturated heterocycles. The Labute approximate surface area is 225 Å². The number of carbonyl (C=O) groups is 4. The standard InChI is InChI=1S/C28H26N4O5S/c1-2-37-27(36)21-13-15-22(16-14-21)29-24(33)17-23-26(35)31(18-19-9-5-3-6-10-19)28(38)32(23)30-25(34)20-11-7-4-8-12-20/h3-16,23H,2,17-18H2,1H3,(H,29,33)(H,30,34). The average molecular weight is 531 g/mol. The van der Waals surface area contributed by atoms with Gasteiger partial charge in [0.15, 0.2) is 5.11 Å². The molecule has 1 unspecified atom stereocenters. The number of benzene rings is 3. The maximum Gasteiger partial charge on any atom is 0.338 e. The molecular weight excluding hydrogens is 504 g/mol. The van der Waals surface area contributed by atoms with Crippen LogP contribution in [-0.4, -0.2) is 51.4 Å². The smallest absolute Gasteiger partial charge is 0.338 e. The lowest BCUT2D eigenvalue weighted by Gasteiger charge is -2.24. The fraction of sp³-hybridized carbons (Fsp3) is 0.179. The van der Waals surface area contributed by atoms with Crippen molar-refractivity contribution in [3.8, 4) is 0 Å². The maximum atomic E-state index is 13.4. The molecular formula is C28H26N4O5S. The fourth-order valence-electron chi connectivity index (χ4n) is 3.92. The number of nitrogens with one attached hydrogen (secondary N) is 2. The van der Waals surface area contributed by atoms with Crippen molar-refractivity contribution >= 4 is 46.7 Å². The molecule has 1 aliphatic heterocycles. The second-order valence-electron chi connectivity index (χ2n) is 8.44. The number of rotatable bonds is 9. The Balaban J connectivity index is 1.50. The molecule has 2 N–H and O–H groups in total. The minimum absolute atomic E-state index is 0.0970. The number of hydrazine groups is 1. The van der Waals surface area contributed by atoms with Crippen molar-refractivity contribution in [2.45, 2.75) is 25.9 Å². The van der Waals surface area contributed by atoms with Gasteiger partial charge in [0.05, 0.1) is 25.1 Å². The van der Waals surface area contributed by atoms with E-state index >= 15 is 0 Å². The molecule has 38 heavy (non-hydrogen) atoms. The van der Waals surface area contributed by atoms with Gasteiger partial charge in [0.2, 0.25) is 5.91 Å². The molecule has 4 rings (SSSR count). The van der Waals surface area contributed by atoms with Gasteiger partial charge < -0.3 is 10.1 Å². The number of esters is 1. The lowest BCUT2D eigenvalue weighted by molar-refractivity contribution is -0.131. The Morgan fingerprint density at radius 3 is 2.16 bits per heavy atom. The SMILES string of the molecule is CCOC(=O)c1ccc(NC(=O)CC2C(=O)N(Cc3ccccc3)C(=S)N2NC(=O)c2ccccc2)cc1. The number of hydrogen-bond acceptors (Lipinski definition) is 6. The van der Waals surface area contributed by atoms with Crippen LogP contribution in [0.2, 0.25) is 0 Å². The van der Waals surface area contributed by atoms with Crippen LogP contribution in [0.3, 0.4) is 0 Å². The van der Waals surface area contributed by atoms with Crippen molar-refractivity contribution in [2.75, 3.05) is 11.9 Å². The number of thiocarbonyl (C=S) groups is 1. The van der Waals surface area contributed by atoms with Crippen LogP contribution in [0.5, 0.6) is 0 Å². The molecule has 3 aromatic rings. The molecule has 1 aliphatic rings. The molecule has 0 spiro atoms. The topological polar surface area (TPSA) is 108 Å². The first-order valence-corrected chi connectivity index (χ1v) is 12.4. The summed E-state index contributed by atoms with van der Waals surface area (Å²) in [6, 6.07) is 23.0. The molecule has 0 aliphatic carbocycles. The monoisotopic (exact) mass is 530 g/mol. The van der Waals surface area contributed by atoms with E-state index in [0.29, 0.717) is 16.8 Å². The highest BCUT2D eigenvalue weighted by atomic mass is 32.1. The van der Waals surface area contributed by atoms with Crippen LogP contribution in [0.15, 0.2) is 84.9 Å². The molecule has 1 fully saturated rings. The summed E-state index contributed by atoms with van der Waals surface area (Å²) in [5, 5.41) is 4.10. The Hall–Kier alpha value is -4.57. The molecule has 10 heteroatoms. The number of ether oxygens (including phenoxy) is 1. The van der Waals surface area contributed by atoms with Gasteiger partial charge in [0.1, 0.15) is 6.04 Å². The Morgan fingerprint density at radius 1 is 0.895 bits per heavy atom. The van der Waals surface area contributed by atoms with Crippen molar-refractivity contribution < 1.29 is 23.9 Å². The van der Waals surface area contributed by atoms with E-state index in [4.69, 9.17) is 17.0 Å². The molecule has 9 nitrogen and oxygen atoms in total. The molecule has 0 radical (unpaired) electrons. The first-order valence-electron chi connectivity index (χ1n) is 12.0. The lowest BCUT2D eigenvalue weighted by Crippen LogP contribution is -2.49. The third-order valence-corrected chi connectivity index (χ3v) is 6.22. The Morgan fingerprint density at radius 2 is 1.53 bits per heavy atom. The largest absolute Gasteiger partial charge is 0.462 e. The summed E-state index contributed by atoms with van der Waals surface area (Å²) < 4.78 is 4.97. The first kappa shape index (κ1) is 26.5. The number of hydrogen-bond donors (Lipinski definition) is 2. The number of carbonyl (C=O) groups excluding carboxylic acids is 4. The van der Waals surface area contributed by atoms with Gasteiger partial charge in [-0.2, -0.15) is 0 Å². The third kappa shape index (κ3) is 6.22. The quantitative estimate of drug-likeness (QED) is 0.322. The van der Waals surface area contributed by atoms with E-state index in [1.807, 2.05) is 30.3 Å². The molecule has 194 valence electrons. The van der Waals surface area contributed by atoms with Crippen LogP contribution in [-0.2, 0) is 20.9 Å². The summed E-state index contributed by atoms with van der Waals surface area (Å²) in [6.07, 6.45) is -0.265. The van der Waals surface area contributed by atoms with Gasteiger partial charge in [0, 0.05) is 11.3 Å². The van der Waals surface area contributed by atoms with E-state index in [1.54, 1.807) is 49.4 Å². The van der Waals surface area contributed by atoms with E-state index in [0.717, 1.165) is 5.56 Å². The summed E-state index contributed by atoms with van der Waals surface area (Å²) in [5.41, 5.74) is 4.73. The molecule has 1 atom stereocenters. The number of nitrogens with zero attached hydrogens (tertiary/aromatic N) is 2. The predicted octanol–water partition coefficient (Wildman–Crippen LogP) is 3.53. The Kier molecular flexibility index (Phi) is 8.44. The van der Waals surface area contributed by atoms with Gasteiger partial charge in [0.25, 0.3) is 11.8 Å². The van der Waals surface area contributed by atoms with E-state index in [2.05, 4.69) is 10.7 Å². The van der Waals surface area contributed by atoms with E-state index in [1.165, 1.54) is 22.0 Å². The second kappa shape index (κ2) is 12.1. The van der Waals surface area contributed by atoms with Gasteiger partial charge >= 0.3 is 5.97 Å². The van der Waals surface area contributed by atoms with Crippen LogP contribution in [0, 0.1) is 0 Å². The van der Waals surface area contributed by atoms with Crippen molar-refractivity contribution in [3.05, 3.63) is 102 Å². The van der Waals surface area contributed by atoms with Crippen LogP contribution >= 0.6 is 12.2 Å². The van der Waals surface area contributed by atoms with Gasteiger partial charge in [-0.05, 0) is 61.1 Å². The van der Waals surface area contributed by atoms with Gasteiger partial charge in [-0.25, -0.2) is 9.80 Å². The maximum absolute atomic E-state index is 13.4. The minimum Gasteiger partial charge on any atom is -0.462 e. The number of anilines is 1. The average Bonchev–Trinajstić information content (AvgIpc) is 3.14. The van der Waals surface area contributed by atoms with Crippen LogP contribution in [0.4, 0.5) is 5.69 Å². The first-order chi connectivity index (χ1) is 18.4. The summed E-state index contributed by atoms with van der Waals surface area (Å²) >= 11 is 5.57. The summed E-state index contributed by atoms with van der Waals surface area (Å²) in [6.45, 7) is 2.17. The fourth-order valence-corrected chi connectivity index (χ4v) is 4.25. The van der Waals surface area contributed by atoms with E-state index < -0.39 is 29.7 Å². The van der Waals surface area contributed by atoms with Gasteiger partial charge in [-0.1, -0.05) is 48.5 Å². The number of amides is 3. The molecule has 3 amide bonds. The van der Waals surface area contributed by atoms with Crippen molar-refractivity contribution in [3.63, 3.8) is 0 Å². The van der Waals surface area contributed by atoms with Gasteiger partial charge in [-0.3, -0.25) is 24.7 Å². The van der Waals surface area contributed by atoms with Crippen LogP contribution in [0.25, 0.3) is 0 Å². The van der Waals surface area contributed by atoms with E-state index in [-0.39, 0.29) is 24.7 Å². The lowest BCUT2D eigenvalue weighted by atomic mass is 10.1. The molecule has 1 heterocycles. The highest BCUT2D eigenvalue weighted by Crippen LogP contribution is 2.23. The van der Waals surface area contributed by atoms with Crippen molar-refractivity contribution in [1.29, 1.82) is 0 Å². The van der Waals surface area contributed by atoms with Crippen molar-refractivity contribution in [2.24, 2.45) is 0 Å². The zero-order valence-electron chi connectivity index (χ0n) is 20.6. The second-order valence-corrected chi connectivity index (χ2v) is 8.80. The Bertz CT molecular complexity index is 1330. The summed E-state index contributed by atoms with van der Waals surface area (Å²) in [7, 11) is 0. The molecule has 0 aromatic heterocycles. The molecule has 3 aromatic carbocycles.